The summed E-state index contributed by atoms with van der Waals surface area (Å²) in [5, 5.41) is 10.3. The Morgan fingerprint density at radius 3 is 2.86 bits per heavy atom. The van der Waals surface area contributed by atoms with Gasteiger partial charge in [-0.3, -0.25) is 0 Å². The van der Waals surface area contributed by atoms with Gasteiger partial charge in [0.1, 0.15) is 11.9 Å². The van der Waals surface area contributed by atoms with Gasteiger partial charge in [-0.1, -0.05) is 11.4 Å². The minimum atomic E-state index is -0.524. The molecule has 0 unspecified atom stereocenters. The highest BCUT2D eigenvalue weighted by atomic mass is 16.6. The number of unbranched alkanes of at least 4 members (excludes halogenated alkanes) is 2. The number of aromatic amines is 1. The summed E-state index contributed by atoms with van der Waals surface area (Å²) in [6.45, 7) is 0.698. The third-order valence-electron chi connectivity index (χ3n) is 1.94. The Hall–Kier alpha value is -1.43. The quantitative estimate of drug-likeness (QED) is 0.404. The fourth-order valence-electron chi connectivity index (χ4n) is 1.20. The summed E-state index contributed by atoms with van der Waals surface area (Å²) < 4.78 is 0. The monoisotopic (exact) mass is 198 g/mol. The molecular formula is C8H14N4O2. The molecular weight excluding hydrogens is 184 g/mol. The van der Waals surface area contributed by atoms with Gasteiger partial charge in [-0.2, -0.15) is 0 Å². The van der Waals surface area contributed by atoms with Crippen molar-refractivity contribution in [2.75, 3.05) is 6.54 Å². The fourth-order valence-corrected chi connectivity index (χ4v) is 1.20. The number of rotatable bonds is 6. The highest BCUT2D eigenvalue weighted by molar-refractivity contribution is 5.10. The molecule has 1 heterocycles. The van der Waals surface area contributed by atoms with Crippen LogP contribution in [0, 0.1) is 10.1 Å². The number of hydrogen-bond donors (Lipinski definition) is 2. The molecule has 1 aromatic rings. The molecule has 0 aliphatic heterocycles. The molecule has 14 heavy (non-hydrogen) atoms. The average molecular weight is 198 g/mol. The maximum Gasteiger partial charge on any atom is 0.432 e. The molecule has 1 rings (SSSR count). The average Bonchev–Trinajstić information content (AvgIpc) is 2.61. The maximum absolute atomic E-state index is 10.3. The smallest absolute Gasteiger partial charge is 0.390 e. The van der Waals surface area contributed by atoms with Gasteiger partial charge in [0, 0.05) is 6.42 Å². The number of H-pyrrole nitrogens is 1. The molecule has 0 amide bonds. The molecule has 0 aliphatic carbocycles. The number of nitrogens with one attached hydrogen (secondary N) is 1. The summed E-state index contributed by atoms with van der Waals surface area (Å²) in [6, 6.07) is 0. The van der Waals surface area contributed by atoms with Gasteiger partial charge in [0.2, 0.25) is 0 Å². The van der Waals surface area contributed by atoms with Crippen LogP contribution in [0.4, 0.5) is 5.95 Å². The first-order valence-corrected chi connectivity index (χ1v) is 4.62. The molecule has 0 saturated heterocycles. The summed E-state index contributed by atoms with van der Waals surface area (Å²) >= 11 is 0. The van der Waals surface area contributed by atoms with Crippen LogP contribution in [0.15, 0.2) is 6.20 Å². The minimum absolute atomic E-state index is 0.182. The van der Waals surface area contributed by atoms with Crippen LogP contribution in [-0.4, -0.2) is 21.4 Å². The van der Waals surface area contributed by atoms with Crippen LogP contribution in [0.5, 0.6) is 0 Å². The third-order valence-corrected chi connectivity index (χ3v) is 1.94. The Kier molecular flexibility index (Phi) is 4.06. The summed E-state index contributed by atoms with van der Waals surface area (Å²) in [5.74, 6) is -0.182. The zero-order valence-corrected chi connectivity index (χ0v) is 7.90. The van der Waals surface area contributed by atoms with E-state index in [9.17, 15) is 10.1 Å². The Morgan fingerprint density at radius 2 is 2.29 bits per heavy atom. The van der Waals surface area contributed by atoms with E-state index in [0.29, 0.717) is 6.54 Å². The lowest BCUT2D eigenvalue weighted by molar-refractivity contribution is -0.393. The van der Waals surface area contributed by atoms with Gasteiger partial charge in [0.05, 0.1) is 0 Å². The van der Waals surface area contributed by atoms with Crippen LogP contribution < -0.4 is 5.73 Å². The van der Waals surface area contributed by atoms with Crippen LogP contribution in [0.2, 0.25) is 0 Å². The molecule has 0 atom stereocenters. The van der Waals surface area contributed by atoms with E-state index in [1.54, 1.807) is 0 Å². The van der Waals surface area contributed by atoms with E-state index in [-0.39, 0.29) is 5.95 Å². The lowest BCUT2D eigenvalue weighted by Gasteiger charge is -1.94. The van der Waals surface area contributed by atoms with Gasteiger partial charge in [-0.15, -0.1) is 0 Å². The third kappa shape index (κ3) is 3.14. The highest BCUT2D eigenvalue weighted by Gasteiger charge is 2.09. The highest BCUT2D eigenvalue weighted by Crippen LogP contribution is 2.08. The molecule has 0 bridgehead atoms. The fraction of sp³-hybridized carbons (Fsp3) is 0.625. The second-order valence-electron chi connectivity index (χ2n) is 3.09. The van der Waals surface area contributed by atoms with Crippen LogP contribution in [-0.2, 0) is 6.42 Å². The first-order chi connectivity index (χ1) is 6.74. The minimum Gasteiger partial charge on any atom is -0.390 e. The number of aromatic nitrogens is 2. The van der Waals surface area contributed by atoms with Crippen molar-refractivity contribution in [1.29, 1.82) is 0 Å². The lowest BCUT2D eigenvalue weighted by Crippen LogP contribution is -1.98. The normalized spacial score (nSPS) is 10.4. The summed E-state index contributed by atoms with van der Waals surface area (Å²) in [4.78, 5) is 16.0. The number of nitro groups is 1. The van der Waals surface area contributed by atoms with Gasteiger partial charge in [-0.05, 0) is 24.3 Å². The van der Waals surface area contributed by atoms with Crippen molar-refractivity contribution in [2.45, 2.75) is 25.7 Å². The van der Waals surface area contributed by atoms with Crippen molar-refractivity contribution in [3.05, 3.63) is 22.0 Å². The van der Waals surface area contributed by atoms with E-state index in [2.05, 4.69) is 9.97 Å². The summed E-state index contributed by atoms with van der Waals surface area (Å²) in [6.07, 6.45) is 5.33. The van der Waals surface area contributed by atoms with Crippen LogP contribution in [0.25, 0.3) is 0 Å². The Labute approximate surface area is 81.7 Å². The van der Waals surface area contributed by atoms with Crippen molar-refractivity contribution in [1.82, 2.24) is 9.97 Å². The number of imidazole rings is 1. The van der Waals surface area contributed by atoms with E-state index in [4.69, 9.17) is 5.73 Å². The second kappa shape index (κ2) is 5.33. The Balaban J connectivity index is 2.33. The molecule has 0 aromatic carbocycles. The van der Waals surface area contributed by atoms with E-state index >= 15 is 0 Å². The number of nitrogens with zero attached hydrogens (tertiary/aromatic N) is 2. The molecule has 0 aliphatic rings. The zero-order chi connectivity index (χ0) is 10.4. The van der Waals surface area contributed by atoms with Crippen LogP contribution in [0.3, 0.4) is 0 Å². The van der Waals surface area contributed by atoms with Gasteiger partial charge in [0.25, 0.3) is 0 Å². The first kappa shape index (κ1) is 10.6. The number of aryl methyl sites for hydroxylation is 1. The summed E-state index contributed by atoms with van der Waals surface area (Å²) in [5.41, 5.74) is 6.16. The van der Waals surface area contributed by atoms with Gasteiger partial charge in [0.15, 0.2) is 0 Å². The maximum atomic E-state index is 10.3. The zero-order valence-electron chi connectivity index (χ0n) is 7.90. The molecule has 78 valence electrons. The lowest BCUT2D eigenvalue weighted by atomic mass is 10.1. The molecule has 0 radical (unpaired) electrons. The second-order valence-corrected chi connectivity index (χ2v) is 3.09. The van der Waals surface area contributed by atoms with Gasteiger partial charge < -0.3 is 15.8 Å². The Bertz CT molecular complexity index is 297. The van der Waals surface area contributed by atoms with E-state index < -0.39 is 4.92 Å². The topological polar surface area (TPSA) is 97.8 Å². The van der Waals surface area contributed by atoms with Crippen molar-refractivity contribution in [3.8, 4) is 0 Å². The first-order valence-electron chi connectivity index (χ1n) is 4.62. The van der Waals surface area contributed by atoms with Crippen molar-refractivity contribution in [2.24, 2.45) is 5.73 Å². The van der Waals surface area contributed by atoms with Crippen molar-refractivity contribution < 1.29 is 4.92 Å². The summed E-state index contributed by atoms with van der Waals surface area (Å²) in [7, 11) is 0. The van der Waals surface area contributed by atoms with E-state index in [1.807, 2.05) is 0 Å². The molecule has 6 nitrogen and oxygen atoms in total. The van der Waals surface area contributed by atoms with Crippen molar-refractivity contribution in [3.63, 3.8) is 0 Å². The predicted molar refractivity (Wildman–Crippen MR) is 51.9 cm³/mol. The molecule has 0 spiro atoms. The van der Waals surface area contributed by atoms with Crippen molar-refractivity contribution >= 4 is 5.95 Å². The molecule has 0 saturated carbocycles. The standard InChI is InChI=1S/C8H14N4O2/c9-5-3-1-2-4-7-6-10-8(11-7)12(13)14/h6H,1-5,9H2,(H,10,11). The molecule has 6 heteroatoms. The van der Waals surface area contributed by atoms with Gasteiger partial charge >= 0.3 is 5.95 Å². The molecule has 1 aromatic heterocycles. The number of nitrogens with two attached hydrogens (primary N) is 1. The molecule has 3 N–H and O–H groups in total. The number of hydrogen-bond acceptors (Lipinski definition) is 4. The van der Waals surface area contributed by atoms with E-state index in [1.165, 1.54) is 6.20 Å². The SMILES string of the molecule is NCCCCCc1cnc([N+](=O)[O-])[nH]1. The predicted octanol–water partition coefficient (Wildman–Crippen LogP) is 0.989. The van der Waals surface area contributed by atoms with Gasteiger partial charge in [-0.25, -0.2) is 4.98 Å². The van der Waals surface area contributed by atoms with Crippen LogP contribution in [0.1, 0.15) is 25.0 Å². The van der Waals surface area contributed by atoms with Crippen LogP contribution >= 0.6 is 0 Å². The Morgan fingerprint density at radius 1 is 1.50 bits per heavy atom. The molecule has 0 fully saturated rings. The largest absolute Gasteiger partial charge is 0.432 e. The van der Waals surface area contributed by atoms with E-state index in [0.717, 1.165) is 31.4 Å².